The summed E-state index contributed by atoms with van der Waals surface area (Å²) in [6.45, 7) is 1.95. The van der Waals surface area contributed by atoms with Crippen LogP contribution in [-0.4, -0.2) is 18.3 Å². The highest BCUT2D eigenvalue weighted by molar-refractivity contribution is 5.94. The molecular weight excluding hydrogens is 369 g/mol. The second-order valence-electron chi connectivity index (χ2n) is 5.53. The molecule has 4 nitrogen and oxygen atoms in total. The van der Waals surface area contributed by atoms with E-state index in [1.165, 1.54) is 24.3 Å². The molecule has 0 aliphatic heterocycles. The monoisotopic (exact) mass is 388 g/mol. The molecule has 2 aromatic rings. The van der Waals surface area contributed by atoms with Gasteiger partial charge in [-0.3, -0.25) is 4.79 Å². The molecule has 2 rings (SSSR count). The number of nitrogens with one attached hydrogen (secondary N) is 1. The zero-order chi connectivity index (χ0) is 18.4. The average molecular weight is 389 g/mol. The number of benzene rings is 2. The number of alkyl halides is 3. The molecule has 1 atom stereocenters. The number of anilines is 1. The number of carbonyl (C=O) groups is 1. The molecule has 0 aliphatic carbocycles. The van der Waals surface area contributed by atoms with E-state index in [4.69, 9.17) is 5.73 Å². The number of hydrogen-bond acceptors (Lipinski definition) is 3. The summed E-state index contributed by atoms with van der Waals surface area (Å²) in [7, 11) is 0. The minimum absolute atomic E-state index is 0. The molecule has 0 bridgehead atoms. The van der Waals surface area contributed by atoms with E-state index in [0.29, 0.717) is 12.1 Å². The third kappa shape index (κ3) is 6.57. The summed E-state index contributed by atoms with van der Waals surface area (Å²) in [5, 5.41) is 2.73. The molecule has 8 heteroatoms. The summed E-state index contributed by atoms with van der Waals surface area (Å²) in [5.74, 6) is -0.520. The van der Waals surface area contributed by atoms with Crippen LogP contribution in [0.4, 0.5) is 18.9 Å². The number of nitrogens with two attached hydrogens (primary N) is 1. The van der Waals surface area contributed by atoms with Gasteiger partial charge in [0, 0.05) is 5.69 Å². The van der Waals surface area contributed by atoms with Gasteiger partial charge in [0.1, 0.15) is 5.75 Å². The fourth-order valence-electron chi connectivity index (χ4n) is 2.27. The number of halogens is 4. The minimum Gasteiger partial charge on any atom is -0.406 e. The van der Waals surface area contributed by atoms with Gasteiger partial charge in [-0.2, -0.15) is 0 Å². The van der Waals surface area contributed by atoms with Crippen molar-refractivity contribution in [1.29, 1.82) is 0 Å². The van der Waals surface area contributed by atoms with Crippen LogP contribution in [0.5, 0.6) is 5.75 Å². The largest absolute Gasteiger partial charge is 0.573 e. The topological polar surface area (TPSA) is 64.4 Å². The highest BCUT2D eigenvalue weighted by atomic mass is 35.5. The van der Waals surface area contributed by atoms with Crippen molar-refractivity contribution >= 4 is 24.0 Å². The van der Waals surface area contributed by atoms with Gasteiger partial charge in [-0.05, 0) is 41.8 Å². The zero-order valence-electron chi connectivity index (χ0n) is 14.0. The van der Waals surface area contributed by atoms with Crippen molar-refractivity contribution in [2.75, 3.05) is 5.32 Å². The van der Waals surface area contributed by atoms with Crippen LogP contribution in [0.25, 0.3) is 11.1 Å². The summed E-state index contributed by atoms with van der Waals surface area (Å²) in [4.78, 5) is 11.9. The standard InChI is InChI=1S/C18H19F3N2O2.ClH/c1-2-3-16(22)17(24)23-14-8-4-12(5-9-14)13-6-10-15(11-7-13)25-18(19,20)21;/h4-11,16H,2-3,22H2,1H3,(H,23,24);1H/t16-;/m0./s1. The maximum atomic E-state index is 12.2. The van der Waals surface area contributed by atoms with Crippen LogP contribution in [0.1, 0.15) is 19.8 Å². The lowest BCUT2D eigenvalue weighted by atomic mass is 10.1. The van der Waals surface area contributed by atoms with Crippen LogP contribution in [0.3, 0.4) is 0 Å². The molecular formula is C18H20ClF3N2O2. The van der Waals surface area contributed by atoms with Crippen LogP contribution in [-0.2, 0) is 4.79 Å². The predicted molar refractivity (Wildman–Crippen MR) is 97.3 cm³/mol. The molecule has 1 amide bonds. The van der Waals surface area contributed by atoms with Gasteiger partial charge in [0.2, 0.25) is 5.91 Å². The van der Waals surface area contributed by atoms with E-state index in [-0.39, 0.29) is 24.1 Å². The molecule has 0 saturated heterocycles. The molecule has 0 spiro atoms. The Bertz CT molecular complexity index is 704. The first kappa shape index (κ1) is 21.8. The summed E-state index contributed by atoms with van der Waals surface area (Å²) in [6.07, 6.45) is -3.28. The van der Waals surface area contributed by atoms with E-state index in [2.05, 4.69) is 10.1 Å². The Hall–Kier alpha value is -2.25. The van der Waals surface area contributed by atoms with Crippen molar-refractivity contribution in [3.63, 3.8) is 0 Å². The summed E-state index contributed by atoms with van der Waals surface area (Å²) in [5.41, 5.74) is 7.89. The predicted octanol–water partition coefficient (Wildman–Crippen LogP) is 4.74. The fourth-order valence-corrected chi connectivity index (χ4v) is 2.27. The summed E-state index contributed by atoms with van der Waals surface area (Å²) >= 11 is 0. The average Bonchev–Trinajstić information content (AvgIpc) is 2.55. The van der Waals surface area contributed by atoms with Gasteiger partial charge >= 0.3 is 6.36 Å². The molecule has 0 aromatic heterocycles. The molecule has 0 fully saturated rings. The number of ether oxygens (including phenoxy) is 1. The maximum absolute atomic E-state index is 12.2. The second-order valence-corrected chi connectivity index (χ2v) is 5.53. The Balaban J connectivity index is 0.00000338. The van der Waals surface area contributed by atoms with Crippen LogP contribution in [0.15, 0.2) is 48.5 Å². The lowest BCUT2D eigenvalue weighted by Crippen LogP contribution is -2.35. The lowest BCUT2D eigenvalue weighted by Gasteiger charge is -2.12. The lowest BCUT2D eigenvalue weighted by molar-refractivity contribution is -0.274. The first-order chi connectivity index (χ1) is 11.8. The number of hydrogen-bond donors (Lipinski definition) is 2. The first-order valence-corrected chi connectivity index (χ1v) is 7.81. The van der Waals surface area contributed by atoms with Crippen molar-refractivity contribution in [3.8, 4) is 16.9 Å². The highest BCUT2D eigenvalue weighted by Gasteiger charge is 2.30. The zero-order valence-corrected chi connectivity index (χ0v) is 14.9. The molecule has 3 N–H and O–H groups in total. The third-order valence-corrected chi connectivity index (χ3v) is 3.51. The maximum Gasteiger partial charge on any atom is 0.573 e. The highest BCUT2D eigenvalue weighted by Crippen LogP contribution is 2.27. The molecule has 142 valence electrons. The Kier molecular flexibility index (Phi) is 7.92. The number of carbonyl (C=O) groups excluding carboxylic acids is 1. The fraction of sp³-hybridized carbons (Fsp3) is 0.278. The van der Waals surface area contributed by atoms with Crippen molar-refractivity contribution in [2.24, 2.45) is 5.73 Å². The van der Waals surface area contributed by atoms with E-state index < -0.39 is 12.4 Å². The van der Waals surface area contributed by atoms with E-state index >= 15 is 0 Å². The van der Waals surface area contributed by atoms with Gasteiger partial charge in [-0.25, -0.2) is 0 Å². The van der Waals surface area contributed by atoms with E-state index in [0.717, 1.165) is 17.5 Å². The number of amides is 1. The Morgan fingerprint density at radius 2 is 1.58 bits per heavy atom. The van der Waals surface area contributed by atoms with Crippen molar-refractivity contribution in [2.45, 2.75) is 32.2 Å². The van der Waals surface area contributed by atoms with Gasteiger partial charge in [0.15, 0.2) is 0 Å². The summed E-state index contributed by atoms with van der Waals surface area (Å²) in [6, 6.07) is 12.0. The van der Waals surface area contributed by atoms with Gasteiger partial charge in [0.05, 0.1) is 6.04 Å². The van der Waals surface area contributed by atoms with E-state index in [1.807, 2.05) is 6.92 Å². The van der Waals surface area contributed by atoms with Gasteiger partial charge in [-0.15, -0.1) is 25.6 Å². The smallest absolute Gasteiger partial charge is 0.406 e. The van der Waals surface area contributed by atoms with E-state index in [1.54, 1.807) is 24.3 Å². The molecule has 2 aromatic carbocycles. The molecule has 0 unspecified atom stereocenters. The van der Waals surface area contributed by atoms with Crippen molar-refractivity contribution < 1.29 is 22.7 Å². The van der Waals surface area contributed by atoms with Gasteiger partial charge in [-0.1, -0.05) is 37.6 Å². The van der Waals surface area contributed by atoms with Crippen molar-refractivity contribution in [3.05, 3.63) is 48.5 Å². The normalized spacial score (nSPS) is 12.0. The van der Waals surface area contributed by atoms with E-state index in [9.17, 15) is 18.0 Å². The van der Waals surface area contributed by atoms with Crippen LogP contribution in [0.2, 0.25) is 0 Å². The quantitative estimate of drug-likeness (QED) is 0.751. The summed E-state index contributed by atoms with van der Waals surface area (Å²) < 4.78 is 40.3. The second kappa shape index (κ2) is 9.45. The Morgan fingerprint density at radius 1 is 1.08 bits per heavy atom. The van der Waals surface area contributed by atoms with Crippen LogP contribution >= 0.6 is 12.4 Å². The van der Waals surface area contributed by atoms with Gasteiger partial charge < -0.3 is 15.8 Å². The Morgan fingerprint density at radius 3 is 2.04 bits per heavy atom. The first-order valence-electron chi connectivity index (χ1n) is 7.81. The third-order valence-electron chi connectivity index (χ3n) is 3.51. The number of rotatable bonds is 6. The van der Waals surface area contributed by atoms with Gasteiger partial charge in [0.25, 0.3) is 0 Å². The molecule has 26 heavy (non-hydrogen) atoms. The van der Waals surface area contributed by atoms with Crippen molar-refractivity contribution in [1.82, 2.24) is 0 Å². The molecule has 0 aliphatic rings. The van der Waals surface area contributed by atoms with Crippen LogP contribution < -0.4 is 15.8 Å². The minimum atomic E-state index is -4.71. The SMILES string of the molecule is CCC[C@H](N)C(=O)Nc1ccc(-c2ccc(OC(F)(F)F)cc2)cc1.Cl. The van der Waals surface area contributed by atoms with Crippen LogP contribution in [0, 0.1) is 0 Å². The Labute approximate surface area is 155 Å². The molecule has 0 radical (unpaired) electrons. The molecule has 0 saturated carbocycles. The molecule has 0 heterocycles.